The van der Waals surface area contributed by atoms with Crippen LogP contribution in [0.15, 0.2) is 48.5 Å². The number of nitrogens with one attached hydrogen (secondary N) is 1. The summed E-state index contributed by atoms with van der Waals surface area (Å²) < 4.78 is 27.0. The highest BCUT2D eigenvalue weighted by atomic mass is 19.1. The van der Waals surface area contributed by atoms with Crippen molar-refractivity contribution in [2.45, 2.75) is 12.2 Å². The second-order valence-electron chi connectivity index (χ2n) is 4.71. The van der Waals surface area contributed by atoms with Gasteiger partial charge in [-0.05, 0) is 17.7 Å². The van der Waals surface area contributed by atoms with Gasteiger partial charge in [0.15, 0.2) is 6.10 Å². The van der Waals surface area contributed by atoms with E-state index in [-0.39, 0.29) is 0 Å². The van der Waals surface area contributed by atoms with Gasteiger partial charge in [-0.25, -0.2) is 8.78 Å². The molecule has 3 N–H and O–H groups in total. The summed E-state index contributed by atoms with van der Waals surface area (Å²) in [4.78, 5) is 11.8. The van der Waals surface area contributed by atoms with Crippen molar-refractivity contribution in [2.24, 2.45) is 0 Å². The molecule has 0 aliphatic carbocycles. The third kappa shape index (κ3) is 3.66. The van der Waals surface area contributed by atoms with Crippen LogP contribution in [0.2, 0.25) is 0 Å². The summed E-state index contributed by atoms with van der Waals surface area (Å²) in [7, 11) is 0. The van der Waals surface area contributed by atoms with Crippen LogP contribution < -0.4 is 5.32 Å². The highest BCUT2D eigenvalue weighted by Crippen LogP contribution is 2.20. The maximum Gasteiger partial charge on any atom is 0.253 e. The molecule has 0 radical (unpaired) electrons. The van der Waals surface area contributed by atoms with Gasteiger partial charge in [0.25, 0.3) is 5.91 Å². The van der Waals surface area contributed by atoms with Gasteiger partial charge in [-0.15, -0.1) is 0 Å². The Kier molecular flexibility index (Phi) is 5.19. The lowest BCUT2D eigenvalue weighted by Crippen LogP contribution is -2.33. The SMILES string of the molecule is O=C(NCC(O)c1c(F)cccc1F)C(O)c1ccccc1. The number of aliphatic hydroxyl groups is 2. The van der Waals surface area contributed by atoms with Crippen LogP contribution in [0.5, 0.6) is 0 Å². The Morgan fingerprint density at radius 1 is 1.00 bits per heavy atom. The van der Waals surface area contributed by atoms with Crippen LogP contribution in [0.3, 0.4) is 0 Å². The fraction of sp³-hybridized carbons (Fsp3) is 0.188. The molecule has 2 unspecified atom stereocenters. The average molecular weight is 307 g/mol. The monoisotopic (exact) mass is 307 g/mol. The van der Waals surface area contributed by atoms with E-state index in [1.807, 2.05) is 0 Å². The number of carbonyl (C=O) groups excluding carboxylic acids is 1. The van der Waals surface area contributed by atoms with E-state index in [0.29, 0.717) is 5.56 Å². The van der Waals surface area contributed by atoms with E-state index in [2.05, 4.69) is 5.32 Å². The van der Waals surface area contributed by atoms with E-state index in [9.17, 15) is 23.8 Å². The summed E-state index contributed by atoms with van der Waals surface area (Å²) in [6.07, 6.45) is -2.97. The topological polar surface area (TPSA) is 69.6 Å². The van der Waals surface area contributed by atoms with Crippen LogP contribution in [-0.2, 0) is 4.79 Å². The highest BCUT2D eigenvalue weighted by molar-refractivity contribution is 5.81. The van der Waals surface area contributed by atoms with Crippen molar-refractivity contribution in [3.8, 4) is 0 Å². The van der Waals surface area contributed by atoms with Gasteiger partial charge < -0.3 is 15.5 Å². The first-order valence-corrected chi connectivity index (χ1v) is 6.63. The fourth-order valence-electron chi connectivity index (χ4n) is 2.01. The van der Waals surface area contributed by atoms with E-state index in [1.165, 1.54) is 6.07 Å². The second-order valence-corrected chi connectivity index (χ2v) is 4.71. The molecule has 4 nitrogen and oxygen atoms in total. The smallest absolute Gasteiger partial charge is 0.253 e. The number of hydrogen-bond donors (Lipinski definition) is 3. The van der Waals surface area contributed by atoms with Gasteiger partial charge in [-0.2, -0.15) is 0 Å². The first-order valence-electron chi connectivity index (χ1n) is 6.63. The summed E-state index contributed by atoms with van der Waals surface area (Å²) in [5, 5.41) is 21.9. The van der Waals surface area contributed by atoms with E-state index in [1.54, 1.807) is 30.3 Å². The van der Waals surface area contributed by atoms with Gasteiger partial charge in [0, 0.05) is 6.54 Å². The number of carbonyl (C=O) groups is 1. The van der Waals surface area contributed by atoms with Crippen LogP contribution in [-0.4, -0.2) is 22.7 Å². The van der Waals surface area contributed by atoms with Crippen molar-refractivity contribution in [1.82, 2.24) is 5.32 Å². The molecule has 0 saturated heterocycles. The molecule has 0 aromatic heterocycles. The molecule has 2 aromatic carbocycles. The molecule has 0 aliphatic heterocycles. The van der Waals surface area contributed by atoms with E-state index >= 15 is 0 Å². The minimum atomic E-state index is -1.55. The maximum absolute atomic E-state index is 13.5. The van der Waals surface area contributed by atoms with Gasteiger partial charge in [-0.1, -0.05) is 36.4 Å². The number of halogens is 2. The molecule has 1 amide bonds. The van der Waals surface area contributed by atoms with Gasteiger partial charge in [0.1, 0.15) is 17.7 Å². The zero-order chi connectivity index (χ0) is 16.1. The van der Waals surface area contributed by atoms with Crippen molar-refractivity contribution in [1.29, 1.82) is 0 Å². The standard InChI is InChI=1S/C16H15F2NO3/c17-11-7-4-8-12(18)14(11)13(20)9-19-16(22)15(21)10-5-2-1-3-6-10/h1-8,13,15,20-21H,9H2,(H,19,22). The molecular formula is C16H15F2NO3. The molecule has 0 fully saturated rings. The Morgan fingerprint density at radius 3 is 2.18 bits per heavy atom. The minimum Gasteiger partial charge on any atom is -0.386 e. The Hall–Kier alpha value is -2.31. The molecule has 0 bridgehead atoms. The molecule has 2 atom stereocenters. The molecule has 116 valence electrons. The van der Waals surface area contributed by atoms with Crippen molar-refractivity contribution in [3.63, 3.8) is 0 Å². The normalized spacial score (nSPS) is 13.5. The predicted molar refractivity (Wildman–Crippen MR) is 75.7 cm³/mol. The zero-order valence-electron chi connectivity index (χ0n) is 11.5. The molecule has 22 heavy (non-hydrogen) atoms. The molecule has 2 rings (SSSR count). The first kappa shape index (κ1) is 16.1. The van der Waals surface area contributed by atoms with Gasteiger partial charge in [-0.3, -0.25) is 4.79 Å². The summed E-state index contributed by atoms with van der Waals surface area (Å²) in [5.74, 6) is -2.56. The quantitative estimate of drug-likeness (QED) is 0.789. The first-order chi connectivity index (χ1) is 10.5. The minimum absolute atomic E-state index is 0.381. The third-order valence-electron chi connectivity index (χ3n) is 3.17. The molecule has 0 heterocycles. The number of hydrogen-bond acceptors (Lipinski definition) is 3. The van der Waals surface area contributed by atoms with Crippen molar-refractivity contribution in [2.75, 3.05) is 6.54 Å². The lowest BCUT2D eigenvalue weighted by atomic mass is 10.1. The Morgan fingerprint density at radius 2 is 1.59 bits per heavy atom. The molecule has 0 saturated carbocycles. The molecular weight excluding hydrogens is 292 g/mol. The van der Waals surface area contributed by atoms with Crippen molar-refractivity contribution < 1.29 is 23.8 Å². The third-order valence-corrected chi connectivity index (χ3v) is 3.17. The van der Waals surface area contributed by atoms with Crippen LogP contribution >= 0.6 is 0 Å². The largest absolute Gasteiger partial charge is 0.386 e. The second kappa shape index (κ2) is 7.11. The number of benzene rings is 2. The average Bonchev–Trinajstić information content (AvgIpc) is 2.52. The van der Waals surface area contributed by atoms with Crippen LogP contribution in [0.4, 0.5) is 8.78 Å². The lowest BCUT2D eigenvalue weighted by molar-refractivity contribution is -0.130. The highest BCUT2D eigenvalue weighted by Gasteiger charge is 2.21. The molecule has 0 spiro atoms. The van der Waals surface area contributed by atoms with Crippen LogP contribution in [0.25, 0.3) is 0 Å². The summed E-state index contributed by atoms with van der Waals surface area (Å²) >= 11 is 0. The van der Waals surface area contributed by atoms with Gasteiger partial charge >= 0.3 is 0 Å². The van der Waals surface area contributed by atoms with E-state index < -0.39 is 41.9 Å². The van der Waals surface area contributed by atoms with Gasteiger partial charge in [0.05, 0.1) is 5.56 Å². The summed E-state index contributed by atoms with van der Waals surface area (Å²) in [6, 6.07) is 11.4. The van der Waals surface area contributed by atoms with Crippen molar-refractivity contribution >= 4 is 5.91 Å². The number of rotatable bonds is 5. The molecule has 2 aromatic rings. The van der Waals surface area contributed by atoms with Crippen LogP contribution in [0, 0.1) is 11.6 Å². The Bertz CT molecular complexity index is 629. The Labute approximate surface area is 126 Å². The van der Waals surface area contributed by atoms with E-state index in [0.717, 1.165) is 12.1 Å². The van der Waals surface area contributed by atoms with E-state index in [4.69, 9.17) is 0 Å². The number of aliphatic hydroxyl groups excluding tert-OH is 2. The summed E-state index contributed by atoms with van der Waals surface area (Å²) in [6.45, 7) is -0.416. The Balaban J connectivity index is 1.99. The molecule has 6 heteroatoms. The maximum atomic E-state index is 13.5. The lowest BCUT2D eigenvalue weighted by Gasteiger charge is -2.16. The van der Waals surface area contributed by atoms with Gasteiger partial charge in [0.2, 0.25) is 0 Å². The fourth-order valence-corrected chi connectivity index (χ4v) is 2.01. The number of amides is 1. The zero-order valence-corrected chi connectivity index (χ0v) is 11.5. The van der Waals surface area contributed by atoms with Crippen molar-refractivity contribution in [3.05, 3.63) is 71.3 Å². The predicted octanol–water partition coefficient (Wildman–Crippen LogP) is 1.85. The summed E-state index contributed by atoms with van der Waals surface area (Å²) in [5.41, 5.74) is -0.136. The van der Waals surface area contributed by atoms with Crippen LogP contribution in [0.1, 0.15) is 23.3 Å². The molecule has 0 aliphatic rings.